The zero-order valence-electron chi connectivity index (χ0n) is 20.3. The number of rotatable bonds is 10. The molecule has 0 unspecified atom stereocenters. The zero-order valence-corrected chi connectivity index (χ0v) is 21.9. The highest BCUT2D eigenvalue weighted by atomic mass is 32.2. The number of benzene rings is 3. The molecule has 3 aromatic rings. The summed E-state index contributed by atoms with van der Waals surface area (Å²) < 4.78 is 73.4. The van der Waals surface area contributed by atoms with E-state index in [0.29, 0.717) is 0 Å². The Kier molecular flexibility index (Phi) is 8.44. The van der Waals surface area contributed by atoms with Crippen LogP contribution in [0, 0.1) is 13.8 Å². The van der Waals surface area contributed by atoms with Crippen molar-refractivity contribution >= 4 is 20.2 Å². The Morgan fingerprint density at radius 3 is 1.86 bits per heavy atom. The van der Waals surface area contributed by atoms with Crippen LogP contribution >= 0.6 is 0 Å². The maximum absolute atomic E-state index is 13.1. The zero-order chi connectivity index (χ0) is 26.6. The first-order valence-electron chi connectivity index (χ1n) is 11.5. The number of aliphatic hydroxyl groups is 1. The van der Waals surface area contributed by atoms with Gasteiger partial charge in [-0.25, -0.2) is 0 Å². The van der Waals surface area contributed by atoms with Crippen molar-refractivity contribution in [3.8, 4) is 0 Å². The molecule has 0 saturated carbocycles. The van der Waals surface area contributed by atoms with E-state index in [9.17, 15) is 21.9 Å². The maximum Gasteiger partial charge on any atom is 0.297 e. The van der Waals surface area contributed by atoms with Crippen LogP contribution in [0.1, 0.15) is 16.7 Å². The average Bonchev–Trinajstić information content (AvgIpc) is 3.16. The van der Waals surface area contributed by atoms with Crippen LogP contribution in [0.5, 0.6) is 0 Å². The lowest BCUT2D eigenvalue weighted by Gasteiger charge is -2.23. The van der Waals surface area contributed by atoms with E-state index in [2.05, 4.69) is 0 Å². The SMILES string of the molecule is Cc1ccc(S(=O)(=O)OC[C@H]2O[C@@H](O)[C@@H](OCc3ccccc3)[C@H]2OS(=O)(=O)c2ccc(C)cc2)cc1. The molecule has 9 nitrogen and oxygen atoms in total. The van der Waals surface area contributed by atoms with Gasteiger partial charge in [0, 0.05) is 0 Å². The minimum absolute atomic E-state index is 0.0333. The van der Waals surface area contributed by atoms with Crippen LogP contribution in [0.4, 0.5) is 0 Å². The Bertz CT molecular complexity index is 1390. The minimum Gasteiger partial charge on any atom is -0.366 e. The number of aryl methyl sites for hydroxylation is 2. The minimum atomic E-state index is -4.32. The van der Waals surface area contributed by atoms with E-state index in [0.717, 1.165) is 16.7 Å². The van der Waals surface area contributed by atoms with Crippen LogP contribution in [-0.4, -0.2) is 53.2 Å². The molecule has 4 atom stereocenters. The van der Waals surface area contributed by atoms with E-state index >= 15 is 0 Å². The fourth-order valence-corrected chi connectivity index (χ4v) is 5.76. The molecule has 37 heavy (non-hydrogen) atoms. The maximum atomic E-state index is 13.1. The first-order chi connectivity index (χ1) is 17.5. The predicted octanol–water partition coefficient (Wildman–Crippen LogP) is 3.09. The molecule has 0 amide bonds. The third kappa shape index (κ3) is 6.82. The lowest BCUT2D eigenvalue weighted by Crippen LogP contribution is -2.40. The molecule has 11 heteroatoms. The summed E-state index contributed by atoms with van der Waals surface area (Å²) in [5.41, 5.74) is 2.50. The Morgan fingerprint density at radius 1 is 0.757 bits per heavy atom. The smallest absolute Gasteiger partial charge is 0.297 e. The van der Waals surface area contributed by atoms with Gasteiger partial charge < -0.3 is 14.6 Å². The summed E-state index contributed by atoms with van der Waals surface area (Å²) in [6.07, 6.45) is -5.48. The van der Waals surface area contributed by atoms with Crippen LogP contribution in [0.2, 0.25) is 0 Å². The molecule has 1 fully saturated rings. The molecule has 0 bridgehead atoms. The third-order valence-electron chi connectivity index (χ3n) is 5.82. The first kappa shape index (κ1) is 27.4. The number of hydrogen-bond acceptors (Lipinski definition) is 9. The molecule has 1 N–H and O–H groups in total. The van der Waals surface area contributed by atoms with Crippen LogP contribution in [-0.2, 0) is 44.7 Å². The topological polar surface area (TPSA) is 125 Å². The molecule has 0 aliphatic carbocycles. The summed E-state index contributed by atoms with van der Waals surface area (Å²) in [5, 5.41) is 10.6. The summed E-state index contributed by atoms with van der Waals surface area (Å²) >= 11 is 0. The van der Waals surface area contributed by atoms with Crippen molar-refractivity contribution in [1.82, 2.24) is 0 Å². The summed E-state index contributed by atoms with van der Waals surface area (Å²) in [4.78, 5) is -0.175. The molecule has 0 spiro atoms. The third-order valence-corrected chi connectivity index (χ3v) is 8.44. The average molecular weight is 549 g/mol. The second-order valence-corrected chi connectivity index (χ2v) is 11.9. The van der Waals surface area contributed by atoms with Crippen LogP contribution < -0.4 is 0 Å². The van der Waals surface area contributed by atoms with Crippen molar-refractivity contribution in [1.29, 1.82) is 0 Å². The van der Waals surface area contributed by atoms with E-state index < -0.39 is 51.4 Å². The molecule has 0 aromatic heterocycles. The molecule has 0 radical (unpaired) electrons. The van der Waals surface area contributed by atoms with Gasteiger partial charge in [0.15, 0.2) is 6.29 Å². The largest absolute Gasteiger partial charge is 0.366 e. The van der Waals surface area contributed by atoms with E-state index in [1.54, 1.807) is 36.4 Å². The van der Waals surface area contributed by atoms with E-state index in [4.69, 9.17) is 17.8 Å². The summed E-state index contributed by atoms with van der Waals surface area (Å²) in [5.74, 6) is 0. The van der Waals surface area contributed by atoms with Gasteiger partial charge in [0.05, 0.1) is 23.0 Å². The van der Waals surface area contributed by atoms with Gasteiger partial charge in [-0.3, -0.25) is 8.37 Å². The van der Waals surface area contributed by atoms with Gasteiger partial charge in [-0.15, -0.1) is 0 Å². The molecule has 4 rings (SSSR count). The predicted molar refractivity (Wildman–Crippen MR) is 133 cm³/mol. The highest BCUT2D eigenvalue weighted by Gasteiger charge is 2.49. The Balaban J connectivity index is 1.56. The molecule has 1 saturated heterocycles. The van der Waals surface area contributed by atoms with Gasteiger partial charge in [-0.2, -0.15) is 16.8 Å². The Labute approximate surface area is 216 Å². The second kappa shape index (κ2) is 11.4. The van der Waals surface area contributed by atoms with Gasteiger partial charge >= 0.3 is 0 Å². The second-order valence-electron chi connectivity index (χ2n) is 8.71. The number of hydrogen-bond donors (Lipinski definition) is 1. The van der Waals surface area contributed by atoms with E-state index in [-0.39, 0.29) is 16.4 Å². The number of ether oxygens (including phenoxy) is 2. The molecule has 1 heterocycles. The Morgan fingerprint density at radius 2 is 1.30 bits per heavy atom. The molecular formula is C26H28O9S2. The molecule has 1 aliphatic heterocycles. The molecule has 1 aliphatic rings. The fourth-order valence-electron chi connectivity index (χ4n) is 3.74. The lowest BCUT2D eigenvalue weighted by molar-refractivity contribution is -0.148. The monoisotopic (exact) mass is 548 g/mol. The molecule has 198 valence electrons. The standard InChI is InChI=1S/C26H28O9S2/c1-18-8-12-21(13-9-18)36(28,29)33-17-23-24(35-37(30,31)22-14-10-19(2)11-15-22)25(26(27)34-23)32-16-20-6-4-3-5-7-20/h3-15,23-27H,16-17H2,1-2H3/t23-,24+,25+,26-/m1/s1. The van der Waals surface area contributed by atoms with Crippen molar-refractivity contribution in [3.63, 3.8) is 0 Å². The van der Waals surface area contributed by atoms with Crippen molar-refractivity contribution in [3.05, 3.63) is 95.6 Å². The van der Waals surface area contributed by atoms with Gasteiger partial charge in [0.1, 0.15) is 18.3 Å². The van der Waals surface area contributed by atoms with Crippen molar-refractivity contribution < 1.29 is 39.8 Å². The molecular weight excluding hydrogens is 520 g/mol. The highest BCUT2D eigenvalue weighted by molar-refractivity contribution is 7.87. The normalized spacial score (nSPS) is 22.2. The summed E-state index contributed by atoms with van der Waals surface area (Å²) in [7, 11) is -8.51. The van der Waals surface area contributed by atoms with E-state index in [1.807, 2.05) is 32.0 Å². The van der Waals surface area contributed by atoms with Crippen molar-refractivity contribution in [2.24, 2.45) is 0 Å². The highest BCUT2D eigenvalue weighted by Crippen LogP contribution is 2.30. The van der Waals surface area contributed by atoms with Gasteiger partial charge in [-0.05, 0) is 43.7 Å². The summed E-state index contributed by atoms with van der Waals surface area (Å²) in [6.45, 7) is 3.06. The van der Waals surface area contributed by atoms with E-state index in [1.165, 1.54) is 24.3 Å². The number of aliphatic hydroxyl groups excluding tert-OH is 1. The van der Waals surface area contributed by atoms with Gasteiger partial charge in [-0.1, -0.05) is 65.7 Å². The molecule has 3 aromatic carbocycles. The van der Waals surface area contributed by atoms with Gasteiger partial charge in [0.25, 0.3) is 20.2 Å². The van der Waals surface area contributed by atoms with Crippen LogP contribution in [0.15, 0.2) is 88.7 Å². The van der Waals surface area contributed by atoms with Crippen LogP contribution in [0.25, 0.3) is 0 Å². The lowest BCUT2D eigenvalue weighted by atomic mass is 10.1. The summed E-state index contributed by atoms with van der Waals surface area (Å²) in [6, 6.07) is 21.1. The fraction of sp³-hybridized carbons (Fsp3) is 0.308. The quantitative estimate of drug-likeness (QED) is 0.381. The van der Waals surface area contributed by atoms with Crippen molar-refractivity contribution in [2.45, 2.75) is 54.8 Å². The first-order valence-corrected chi connectivity index (χ1v) is 14.3. The Hall–Kier alpha value is -2.64. The van der Waals surface area contributed by atoms with Gasteiger partial charge in [0.2, 0.25) is 0 Å². The van der Waals surface area contributed by atoms with Crippen LogP contribution in [0.3, 0.4) is 0 Å². The van der Waals surface area contributed by atoms with Crippen molar-refractivity contribution in [2.75, 3.05) is 6.61 Å².